The van der Waals surface area contributed by atoms with Crippen molar-refractivity contribution < 1.29 is 14.3 Å². The van der Waals surface area contributed by atoms with Crippen molar-refractivity contribution >= 4 is 33.5 Å². The van der Waals surface area contributed by atoms with Crippen LogP contribution in [0.5, 0.6) is 0 Å². The Kier molecular flexibility index (Phi) is 6.75. The van der Waals surface area contributed by atoms with E-state index in [4.69, 9.17) is 9.47 Å². The topological polar surface area (TPSA) is 79.8 Å². The number of carbonyl (C=O) groups is 1. The van der Waals surface area contributed by atoms with Gasteiger partial charge in [0.2, 0.25) is 0 Å². The molecule has 1 aliphatic carbocycles. The molecule has 5 rings (SSSR count). The number of rotatable bonds is 5. The predicted octanol–water partition coefficient (Wildman–Crippen LogP) is 3.65. The van der Waals surface area contributed by atoms with Crippen molar-refractivity contribution in [3.63, 3.8) is 0 Å². The Labute approximate surface area is 193 Å². The van der Waals surface area contributed by atoms with Crippen LogP contribution in [-0.4, -0.2) is 77.4 Å². The second kappa shape index (κ2) is 9.89. The SMILES string of the molecule is CCCOC(=O)N1CCc2sc3ncnc(NC4CCC(N5CCOCC5)CC4)c3c2C1. The van der Waals surface area contributed by atoms with Crippen LogP contribution < -0.4 is 5.32 Å². The van der Waals surface area contributed by atoms with Gasteiger partial charge in [0.25, 0.3) is 0 Å². The van der Waals surface area contributed by atoms with Gasteiger partial charge in [0.05, 0.1) is 31.8 Å². The Morgan fingerprint density at radius 1 is 1.22 bits per heavy atom. The number of aromatic nitrogens is 2. The highest BCUT2D eigenvalue weighted by atomic mass is 32.1. The Morgan fingerprint density at radius 3 is 2.81 bits per heavy atom. The summed E-state index contributed by atoms with van der Waals surface area (Å²) in [5.41, 5.74) is 1.19. The maximum atomic E-state index is 12.4. The number of morpholine rings is 1. The quantitative estimate of drug-likeness (QED) is 0.731. The molecule has 1 amide bonds. The fourth-order valence-electron chi connectivity index (χ4n) is 5.18. The summed E-state index contributed by atoms with van der Waals surface area (Å²) < 4.78 is 10.9. The zero-order chi connectivity index (χ0) is 21.9. The molecule has 1 saturated heterocycles. The van der Waals surface area contributed by atoms with Crippen molar-refractivity contribution in [3.8, 4) is 0 Å². The summed E-state index contributed by atoms with van der Waals surface area (Å²) in [6.45, 7) is 7.61. The molecule has 0 spiro atoms. The van der Waals surface area contributed by atoms with E-state index in [1.165, 1.54) is 23.3 Å². The molecule has 0 bridgehead atoms. The minimum Gasteiger partial charge on any atom is -0.449 e. The lowest BCUT2D eigenvalue weighted by Gasteiger charge is -2.39. The number of hydrogen-bond acceptors (Lipinski definition) is 8. The molecule has 1 N–H and O–H groups in total. The van der Waals surface area contributed by atoms with E-state index in [-0.39, 0.29) is 6.09 Å². The third-order valence-electron chi connectivity index (χ3n) is 6.92. The van der Waals surface area contributed by atoms with Crippen molar-refractivity contribution in [1.82, 2.24) is 19.8 Å². The smallest absolute Gasteiger partial charge is 0.410 e. The molecule has 9 heteroatoms. The number of hydrogen-bond donors (Lipinski definition) is 1. The van der Waals surface area contributed by atoms with Gasteiger partial charge in [-0.1, -0.05) is 6.92 Å². The third-order valence-corrected chi connectivity index (χ3v) is 8.12. The van der Waals surface area contributed by atoms with E-state index in [1.54, 1.807) is 17.7 Å². The van der Waals surface area contributed by atoms with E-state index in [0.717, 1.165) is 68.0 Å². The summed E-state index contributed by atoms with van der Waals surface area (Å²) in [5.74, 6) is 0.922. The molecule has 2 aliphatic heterocycles. The molecule has 2 aromatic heterocycles. The number of ether oxygens (including phenoxy) is 2. The summed E-state index contributed by atoms with van der Waals surface area (Å²) in [4.78, 5) is 28.4. The first-order valence-corrected chi connectivity index (χ1v) is 12.8. The van der Waals surface area contributed by atoms with Crippen molar-refractivity contribution in [1.29, 1.82) is 0 Å². The summed E-state index contributed by atoms with van der Waals surface area (Å²) in [6, 6.07) is 1.11. The minimum absolute atomic E-state index is 0.218. The van der Waals surface area contributed by atoms with Crippen LogP contribution in [0.3, 0.4) is 0 Å². The third kappa shape index (κ3) is 4.56. The fraction of sp³-hybridized carbons (Fsp3) is 0.696. The molecular formula is C23H33N5O3S. The Bertz CT molecular complexity index is 937. The molecular weight excluding hydrogens is 426 g/mol. The van der Waals surface area contributed by atoms with Gasteiger partial charge in [-0.3, -0.25) is 4.90 Å². The Morgan fingerprint density at radius 2 is 2.03 bits per heavy atom. The normalized spacial score (nSPS) is 24.3. The first-order chi connectivity index (χ1) is 15.7. The van der Waals surface area contributed by atoms with Gasteiger partial charge in [0.15, 0.2) is 0 Å². The van der Waals surface area contributed by atoms with Gasteiger partial charge in [-0.2, -0.15) is 0 Å². The highest BCUT2D eigenvalue weighted by Crippen LogP contribution is 2.38. The number of nitrogens with one attached hydrogen (secondary N) is 1. The summed E-state index contributed by atoms with van der Waals surface area (Å²) in [5, 5.41) is 4.83. The number of anilines is 1. The number of fused-ring (bicyclic) bond motifs is 3. The molecule has 32 heavy (non-hydrogen) atoms. The maximum Gasteiger partial charge on any atom is 0.410 e. The second-order valence-corrected chi connectivity index (χ2v) is 10.1. The van der Waals surface area contributed by atoms with Crippen LogP contribution in [0, 0.1) is 0 Å². The second-order valence-electron chi connectivity index (χ2n) is 8.99. The molecule has 0 aromatic carbocycles. The van der Waals surface area contributed by atoms with Gasteiger partial charge < -0.3 is 19.7 Å². The first kappa shape index (κ1) is 21.9. The molecule has 0 radical (unpaired) electrons. The highest BCUT2D eigenvalue weighted by molar-refractivity contribution is 7.19. The number of amides is 1. The van der Waals surface area contributed by atoms with Crippen molar-refractivity contribution in [3.05, 3.63) is 16.8 Å². The molecule has 8 nitrogen and oxygen atoms in total. The van der Waals surface area contributed by atoms with Gasteiger partial charge >= 0.3 is 6.09 Å². The highest BCUT2D eigenvalue weighted by Gasteiger charge is 2.30. The lowest BCUT2D eigenvalue weighted by Crippen LogP contribution is -2.46. The zero-order valence-electron chi connectivity index (χ0n) is 18.8. The van der Waals surface area contributed by atoms with Crippen LogP contribution in [0.15, 0.2) is 6.33 Å². The van der Waals surface area contributed by atoms with E-state index in [0.29, 0.717) is 31.8 Å². The van der Waals surface area contributed by atoms with Crippen LogP contribution in [-0.2, 0) is 22.4 Å². The Balaban J connectivity index is 1.28. The molecule has 2 aromatic rings. The maximum absolute atomic E-state index is 12.4. The average molecular weight is 460 g/mol. The molecule has 174 valence electrons. The van der Waals surface area contributed by atoms with Gasteiger partial charge in [0, 0.05) is 36.6 Å². The van der Waals surface area contributed by atoms with Crippen molar-refractivity contribution in [2.75, 3.05) is 44.8 Å². The standard InChI is InChI=1S/C23H33N5O3S/c1-2-11-31-23(29)28-8-7-19-18(14-28)20-21(24-15-25-22(20)32-19)26-16-3-5-17(6-4-16)27-9-12-30-13-10-27/h15-17H,2-14H2,1H3,(H,24,25,26). The lowest BCUT2D eigenvalue weighted by molar-refractivity contribution is 0.00791. The monoisotopic (exact) mass is 459 g/mol. The van der Waals surface area contributed by atoms with E-state index in [2.05, 4.69) is 20.2 Å². The van der Waals surface area contributed by atoms with E-state index in [1.807, 2.05) is 11.8 Å². The van der Waals surface area contributed by atoms with E-state index in [9.17, 15) is 4.79 Å². The molecule has 3 aliphatic rings. The van der Waals surface area contributed by atoms with Crippen LogP contribution in [0.25, 0.3) is 10.2 Å². The average Bonchev–Trinajstić information content (AvgIpc) is 3.22. The zero-order valence-corrected chi connectivity index (χ0v) is 19.7. The largest absolute Gasteiger partial charge is 0.449 e. The number of nitrogens with zero attached hydrogens (tertiary/aromatic N) is 4. The predicted molar refractivity (Wildman–Crippen MR) is 125 cm³/mol. The van der Waals surface area contributed by atoms with Crippen molar-refractivity contribution in [2.24, 2.45) is 0 Å². The number of carbonyl (C=O) groups excluding carboxylic acids is 1. The first-order valence-electron chi connectivity index (χ1n) is 12.0. The summed E-state index contributed by atoms with van der Waals surface area (Å²) in [6.07, 6.45) is 7.85. The van der Waals surface area contributed by atoms with Crippen LogP contribution in [0.1, 0.15) is 49.5 Å². The minimum atomic E-state index is -0.218. The summed E-state index contributed by atoms with van der Waals surface area (Å²) >= 11 is 1.74. The molecule has 2 fully saturated rings. The van der Waals surface area contributed by atoms with E-state index >= 15 is 0 Å². The van der Waals surface area contributed by atoms with Crippen molar-refractivity contribution in [2.45, 2.75) is 64.1 Å². The molecule has 4 heterocycles. The van der Waals surface area contributed by atoms with Gasteiger partial charge in [0.1, 0.15) is 17.0 Å². The van der Waals surface area contributed by atoms with Gasteiger partial charge in [-0.25, -0.2) is 14.8 Å². The van der Waals surface area contributed by atoms with Crippen LogP contribution >= 0.6 is 11.3 Å². The van der Waals surface area contributed by atoms with Gasteiger partial charge in [-0.05, 0) is 44.1 Å². The lowest BCUT2D eigenvalue weighted by atomic mass is 9.90. The van der Waals surface area contributed by atoms with E-state index < -0.39 is 0 Å². The fourth-order valence-corrected chi connectivity index (χ4v) is 6.32. The molecule has 0 atom stereocenters. The Hall–Kier alpha value is -1.97. The summed E-state index contributed by atoms with van der Waals surface area (Å²) in [7, 11) is 0. The molecule has 1 saturated carbocycles. The molecule has 0 unspecified atom stereocenters. The van der Waals surface area contributed by atoms with Crippen LogP contribution in [0.2, 0.25) is 0 Å². The van der Waals surface area contributed by atoms with Gasteiger partial charge in [-0.15, -0.1) is 11.3 Å². The van der Waals surface area contributed by atoms with Crippen LogP contribution in [0.4, 0.5) is 10.6 Å². The number of thiophene rings is 1.